The number of hydrogen-bond acceptors (Lipinski definition) is 4. The van der Waals surface area contributed by atoms with E-state index in [1.54, 1.807) is 16.8 Å². The lowest BCUT2D eigenvalue weighted by atomic mass is 10.0. The van der Waals surface area contributed by atoms with Crippen molar-refractivity contribution < 1.29 is 4.39 Å². The Bertz CT molecular complexity index is 951. The maximum atomic E-state index is 14.2. The number of aliphatic imine (C=N–C) groups is 1. The number of halogens is 3. The molecular formula is C15H8Cl2FN5. The molecule has 0 fully saturated rings. The molecule has 0 radical (unpaired) electrons. The molecule has 114 valence electrons. The van der Waals surface area contributed by atoms with Crippen molar-refractivity contribution in [2.45, 2.75) is 6.54 Å². The normalized spacial score (nSPS) is 13.1. The number of rotatable bonds is 1. The highest BCUT2D eigenvalue weighted by molar-refractivity contribution is 6.45. The van der Waals surface area contributed by atoms with Crippen LogP contribution in [0.1, 0.15) is 17.1 Å². The average molecular weight is 348 g/mol. The monoisotopic (exact) mass is 347 g/mol. The number of aromatic nitrogens is 4. The number of benzene rings is 1. The van der Waals surface area contributed by atoms with Gasteiger partial charge in [0.05, 0.1) is 28.0 Å². The van der Waals surface area contributed by atoms with Crippen molar-refractivity contribution >= 4 is 28.9 Å². The summed E-state index contributed by atoms with van der Waals surface area (Å²) >= 11 is 12.5. The van der Waals surface area contributed by atoms with Gasteiger partial charge in [-0.1, -0.05) is 23.2 Å². The zero-order valence-electron chi connectivity index (χ0n) is 11.5. The first-order valence-electron chi connectivity index (χ1n) is 6.70. The van der Waals surface area contributed by atoms with Gasteiger partial charge in [0.2, 0.25) is 0 Å². The third-order valence-electron chi connectivity index (χ3n) is 3.52. The van der Waals surface area contributed by atoms with Gasteiger partial charge in [-0.15, -0.1) is 0 Å². The highest BCUT2D eigenvalue weighted by Crippen LogP contribution is 2.34. The van der Waals surface area contributed by atoms with Crippen molar-refractivity contribution in [3.8, 4) is 5.69 Å². The predicted octanol–water partition coefficient (Wildman–Crippen LogP) is 3.46. The molecule has 1 aliphatic rings. The van der Waals surface area contributed by atoms with E-state index in [1.165, 1.54) is 24.7 Å². The molecular weight excluding hydrogens is 340 g/mol. The minimum Gasteiger partial charge on any atom is -0.274 e. The Morgan fingerprint density at radius 2 is 2.00 bits per heavy atom. The van der Waals surface area contributed by atoms with Crippen LogP contribution in [-0.2, 0) is 6.54 Å². The maximum absolute atomic E-state index is 14.2. The Kier molecular flexibility index (Phi) is 3.36. The van der Waals surface area contributed by atoms with E-state index >= 15 is 0 Å². The second-order valence-corrected chi connectivity index (χ2v) is 5.63. The van der Waals surface area contributed by atoms with Crippen LogP contribution in [0, 0.1) is 5.82 Å². The summed E-state index contributed by atoms with van der Waals surface area (Å²) in [6.07, 6.45) is 2.93. The molecule has 0 spiro atoms. The Balaban J connectivity index is 2.06. The largest absolute Gasteiger partial charge is 0.274 e. The predicted molar refractivity (Wildman–Crippen MR) is 84.9 cm³/mol. The third-order valence-corrected chi connectivity index (χ3v) is 4.32. The molecule has 3 heterocycles. The van der Waals surface area contributed by atoms with Crippen LogP contribution >= 0.6 is 23.2 Å². The second-order valence-electron chi connectivity index (χ2n) is 4.84. The van der Waals surface area contributed by atoms with E-state index in [0.29, 0.717) is 27.8 Å². The van der Waals surface area contributed by atoms with Crippen molar-refractivity contribution in [2.24, 2.45) is 4.99 Å². The van der Waals surface area contributed by atoms with E-state index in [4.69, 9.17) is 23.2 Å². The molecule has 0 bridgehead atoms. The summed E-state index contributed by atoms with van der Waals surface area (Å²) in [5.74, 6) is 0.136. The number of fused-ring (bicyclic) bond motifs is 3. The summed E-state index contributed by atoms with van der Waals surface area (Å²) in [6.45, 7) is 0.230. The van der Waals surface area contributed by atoms with E-state index < -0.39 is 5.82 Å². The van der Waals surface area contributed by atoms with Crippen molar-refractivity contribution in [3.63, 3.8) is 0 Å². The van der Waals surface area contributed by atoms with Crippen LogP contribution in [0.5, 0.6) is 0 Å². The van der Waals surface area contributed by atoms with Crippen LogP contribution in [0.3, 0.4) is 0 Å². The Labute approximate surface area is 140 Å². The summed E-state index contributed by atoms with van der Waals surface area (Å²) in [7, 11) is 0. The van der Waals surface area contributed by atoms with Gasteiger partial charge in [-0.05, 0) is 24.3 Å². The van der Waals surface area contributed by atoms with Crippen molar-refractivity contribution in [2.75, 3.05) is 0 Å². The molecule has 0 saturated heterocycles. The summed E-state index contributed by atoms with van der Waals surface area (Å²) in [5, 5.41) is 4.82. The van der Waals surface area contributed by atoms with Gasteiger partial charge in [-0.25, -0.2) is 14.1 Å². The van der Waals surface area contributed by atoms with Gasteiger partial charge in [-0.3, -0.25) is 9.98 Å². The van der Waals surface area contributed by atoms with Gasteiger partial charge in [-0.2, -0.15) is 5.10 Å². The van der Waals surface area contributed by atoms with E-state index in [2.05, 4.69) is 20.1 Å². The fourth-order valence-electron chi connectivity index (χ4n) is 2.50. The lowest BCUT2D eigenvalue weighted by molar-refractivity contribution is 0.618. The SMILES string of the molecule is Fc1cccnc1C1=NCc2ncnn2-c2ccc(Cl)c(Cl)c21. The van der Waals surface area contributed by atoms with Crippen LogP contribution in [0.2, 0.25) is 10.0 Å². The molecule has 1 aliphatic heterocycles. The van der Waals surface area contributed by atoms with Gasteiger partial charge in [0, 0.05) is 11.8 Å². The fourth-order valence-corrected chi connectivity index (χ4v) is 2.91. The van der Waals surface area contributed by atoms with Gasteiger partial charge >= 0.3 is 0 Å². The molecule has 1 aromatic carbocycles. The molecule has 23 heavy (non-hydrogen) atoms. The number of nitrogens with zero attached hydrogens (tertiary/aromatic N) is 5. The Morgan fingerprint density at radius 1 is 1.13 bits per heavy atom. The summed E-state index contributed by atoms with van der Waals surface area (Å²) in [6, 6.07) is 6.25. The maximum Gasteiger partial charge on any atom is 0.153 e. The second kappa shape index (κ2) is 5.40. The average Bonchev–Trinajstić information content (AvgIpc) is 2.95. The Hall–Kier alpha value is -2.31. The lowest BCUT2D eigenvalue weighted by Crippen LogP contribution is -2.12. The lowest BCUT2D eigenvalue weighted by Gasteiger charge is -2.13. The number of pyridine rings is 1. The molecule has 0 aliphatic carbocycles. The quantitative estimate of drug-likeness (QED) is 0.677. The van der Waals surface area contributed by atoms with E-state index in [0.717, 1.165) is 0 Å². The molecule has 4 rings (SSSR count). The van der Waals surface area contributed by atoms with Gasteiger partial charge < -0.3 is 0 Å². The fraction of sp³-hybridized carbons (Fsp3) is 0.0667. The smallest absolute Gasteiger partial charge is 0.153 e. The molecule has 5 nitrogen and oxygen atoms in total. The van der Waals surface area contributed by atoms with E-state index in [1.807, 2.05) is 0 Å². The molecule has 8 heteroatoms. The van der Waals surface area contributed by atoms with Crippen LogP contribution in [0.25, 0.3) is 5.69 Å². The first-order chi connectivity index (χ1) is 11.2. The van der Waals surface area contributed by atoms with E-state index in [-0.39, 0.29) is 17.3 Å². The van der Waals surface area contributed by atoms with Crippen LogP contribution in [0.4, 0.5) is 4.39 Å². The summed E-state index contributed by atoms with van der Waals surface area (Å²) in [4.78, 5) is 12.7. The van der Waals surface area contributed by atoms with E-state index in [9.17, 15) is 4.39 Å². The van der Waals surface area contributed by atoms with Crippen molar-refractivity contribution in [1.29, 1.82) is 0 Å². The van der Waals surface area contributed by atoms with Crippen molar-refractivity contribution in [3.05, 3.63) is 69.7 Å². The third kappa shape index (κ3) is 2.22. The van der Waals surface area contributed by atoms with Gasteiger partial charge in [0.25, 0.3) is 0 Å². The minimum atomic E-state index is -0.485. The standard InChI is InChI=1S/C15H8Cl2FN5/c16-8-3-4-10-12(13(8)17)15(14-9(18)2-1-5-19-14)20-6-11-21-7-22-23(10)11/h1-5,7H,6H2. The highest BCUT2D eigenvalue weighted by Gasteiger charge is 2.26. The molecule has 0 unspecified atom stereocenters. The molecule has 0 amide bonds. The molecule has 0 atom stereocenters. The minimum absolute atomic E-state index is 0.115. The first kappa shape index (κ1) is 14.3. The zero-order chi connectivity index (χ0) is 16.0. The van der Waals surface area contributed by atoms with Crippen LogP contribution < -0.4 is 0 Å². The van der Waals surface area contributed by atoms with Gasteiger partial charge in [0.15, 0.2) is 11.6 Å². The van der Waals surface area contributed by atoms with Crippen molar-refractivity contribution in [1.82, 2.24) is 19.7 Å². The molecule has 0 saturated carbocycles. The zero-order valence-corrected chi connectivity index (χ0v) is 13.1. The Morgan fingerprint density at radius 3 is 2.83 bits per heavy atom. The highest BCUT2D eigenvalue weighted by atomic mass is 35.5. The summed E-state index contributed by atoms with van der Waals surface area (Å²) in [5.41, 5.74) is 1.57. The van der Waals surface area contributed by atoms with Crippen LogP contribution in [-0.4, -0.2) is 25.5 Å². The first-order valence-corrected chi connectivity index (χ1v) is 7.45. The number of hydrogen-bond donors (Lipinski definition) is 0. The van der Waals surface area contributed by atoms with Crippen LogP contribution in [0.15, 0.2) is 41.8 Å². The molecule has 3 aromatic rings. The topological polar surface area (TPSA) is 56.0 Å². The van der Waals surface area contributed by atoms with Gasteiger partial charge in [0.1, 0.15) is 12.0 Å². The molecule has 2 aromatic heterocycles. The molecule has 0 N–H and O–H groups in total. The summed E-state index contributed by atoms with van der Waals surface area (Å²) < 4.78 is 15.9.